The fraction of sp³-hybridized carbons (Fsp3) is 0.450. The Labute approximate surface area is 152 Å². The lowest BCUT2D eigenvalue weighted by molar-refractivity contribution is -0.130. The topological polar surface area (TPSA) is 58.6 Å². The minimum Gasteiger partial charge on any atom is -0.365 e. The molecule has 3 aliphatic rings. The number of carbonyl (C=O) groups is 1. The van der Waals surface area contributed by atoms with Crippen LogP contribution in [0.3, 0.4) is 0 Å². The first-order valence-corrected chi connectivity index (χ1v) is 9.37. The van der Waals surface area contributed by atoms with Gasteiger partial charge in [0.2, 0.25) is 0 Å². The lowest BCUT2D eigenvalue weighted by atomic mass is 10.2. The van der Waals surface area contributed by atoms with Crippen LogP contribution in [0.15, 0.2) is 36.7 Å². The van der Waals surface area contributed by atoms with Crippen molar-refractivity contribution in [3.63, 3.8) is 0 Å². The molecule has 1 saturated heterocycles. The number of nitrogens with zero attached hydrogens (tertiary/aromatic N) is 4. The summed E-state index contributed by atoms with van der Waals surface area (Å²) in [5.41, 5.74) is 3.38. The monoisotopic (exact) mass is 350 g/mol. The summed E-state index contributed by atoms with van der Waals surface area (Å²) < 4.78 is 5.83. The maximum atomic E-state index is 13.1. The molecule has 0 radical (unpaired) electrons. The minimum absolute atomic E-state index is 0.0520. The average molecular weight is 350 g/mol. The molecule has 2 aromatic rings. The number of rotatable bonds is 3. The van der Waals surface area contributed by atoms with E-state index >= 15 is 0 Å². The van der Waals surface area contributed by atoms with E-state index in [1.807, 2.05) is 23.1 Å². The van der Waals surface area contributed by atoms with Gasteiger partial charge >= 0.3 is 0 Å². The lowest BCUT2D eigenvalue weighted by Crippen LogP contribution is -2.51. The molecule has 2 aliphatic heterocycles. The summed E-state index contributed by atoms with van der Waals surface area (Å²) in [5, 5.41) is 0. The van der Waals surface area contributed by atoms with Crippen LogP contribution >= 0.6 is 0 Å². The number of ether oxygens (including phenoxy) is 1. The van der Waals surface area contributed by atoms with Gasteiger partial charge in [-0.15, -0.1) is 0 Å². The van der Waals surface area contributed by atoms with Gasteiger partial charge in [0.05, 0.1) is 13.2 Å². The molecule has 26 heavy (non-hydrogen) atoms. The summed E-state index contributed by atoms with van der Waals surface area (Å²) in [6.45, 7) is 2.56. The SMILES string of the molecule is O=C(C1CN(c2cc(C3CC3)ncn2)CCO1)N1CCc2ccccc21. The number of hydrogen-bond acceptors (Lipinski definition) is 5. The first-order valence-electron chi connectivity index (χ1n) is 9.37. The van der Waals surface area contributed by atoms with Gasteiger partial charge in [-0.3, -0.25) is 4.79 Å². The van der Waals surface area contributed by atoms with Crippen molar-refractivity contribution in [2.24, 2.45) is 0 Å². The largest absolute Gasteiger partial charge is 0.365 e. The number of para-hydroxylation sites is 1. The van der Waals surface area contributed by atoms with Crippen molar-refractivity contribution in [3.05, 3.63) is 47.9 Å². The van der Waals surface area contributed by atoms with Gasteiger partial charge in [0, 0.05) is 36.5 Å². The van der Waals surface area contributed by atoms with E-state index in [0.29, 0.717) is 19.1 Å². The van der Waals surface area contributed by atoms with Gasteiger partial charge in [-0.2, -0.15) is 0 Å². The Balaban J connectivity index is 1.33. The number of anilines is 2. The van der Waals surface area contributed by atoms with Crippen LogP contribution in [-0.2, 0) is 16.0 Å². The Morgan fingerprint density at radius 1 is 1.15 bits per heavy atom. The predicted octanol–water partition coefficient (Wildman–Crippen LogP) is 2.15. The Hall–Kier alpha value is -2.47. The van der Waals surface area contributed by atoms with Crippen LogP contribution in [0.2, 0.25) is 0 Å². The Morgan fingerprint density at radius 3 is 2.92 bits per heavy atom. The molecule has 6 nitrogen and oxygen atoms in total. The minimum atomic E-state index is -0.450. The third kappa shape index (κ3) is 2.84. The Bertz CT molecular complexity index is 836. The van der Waals surface area contributed by atoms with Gasteiger partial charge in [0.1, 0.15) is 12.1 Å². The summed E-state index contributed by atoms with van der Waals surface area (Å²) in [4.78, 5) is 25.9. The zero-order valence-electron chi connectivity index (χ0n) is 14.7. The summed E-state index contributed by atoms with van der Waals surface area (Å²) >= 11 is 0. The fourth-order valence-corrected chi connectivity index (χ4v) is 3.88. The van der Waals surface area contributed by atoms with Gasteiger partial charge in [-0.1, -0.05) is 18.2 Å². The fourth-order valence-electron chi connectivity index (χ4n) is 3.88. The van der Waals surface area contributed by atoms with Crippen LogP contribution in [0, 0.1) is 0 Å². The number of hydrogen-bond donors (Lipinski definition) is 0. The van der Waals surface area contributed by atoms with E-state index in [-0.39, 0.29) is 5.91 Å². The molecule has 1 saturated carbocycles. The highest BCUT2D eigenvalue weighted by Crippen LogP contribution is 2.39. The molecule has 1 atom stereocenters. The molecule has 3 heterocycles. The smallest absolute Gasteiger partial charge is 0.257 e. The highest BCUT2D eigenvalue weighted by molar-refractivity contribution is 5.98. The molecule has 1 unspecified atom stereocenters. The van der Waals surface area contributed by atoms with E-state index in [0.717, 1.165) is 36.7 Å². The van der Waals surface area contributed by atoms with E-state index in [1.54, 1.807) is 6.33 Å². The van der Waals surface area contributed by atoms with Crippen LogP contribution in [0.5, 0.6) is 0 Å². The van der Waals surface area contributed by atoms with Crippen molar-refractivity contribution in [3.8, 4) is 0 Å². The van der Waals surface area contributed by atoms with E-state index in [1.165, 1.54) is 18.4 Å². The molecular formula is C20H22N4O2. The molecule has 1 amide bonds. The second kappa shape index (κ2) is 6.36. The highest BCUT2D eigenvalue weighted by Gasteiger charge is 2.34. The molecular weight excluding hydrogens is 328 g/mol. The van der Waals surface area contributed by atoms with Gasteiger partial charge in [0.15, 0.2) is 6.10 Å². The van der Waals surface area contributed by atoms with Crippen molar-refractivity contribution in [2.75, 3.05) is 36.0 Å². The van der Waals surface area contributed by atoms with E-state index in [2.05, 4.69) is 27.0 Å². The normalized spacial score (nSPS) is 22.4. The van der Waals surface area contributed by atoms with Crippen molar-refractivity contribution >= 4 is 17.4 Å². The highest BCUT2D eigenvalue weighted by atomic mass is 16.5. The quantitative estimate of drug-likeness (QED) is 0.849. The average Bonchev–Trinajstić information content (AvgIpc) is 3.47. The van der Waals surface area contributed by atoms with E-state index in [4.69, 9.17) is 4.74 Å². The Morgan fingerprint density at radius 2 is 2.04 bits per heavy atom. The summed E-state index contributed by atoms with van der Waals surface area (Å²) in [6.07, 6.45) is 4.54. The molecule has 1 aromatic heterocycles. The molecule has 2 fully saturated rings. The van der Waals surface area contributed by atoms with Gasteiger partial charge in [-0.25, -0.2) is 9.97 Å². The van der Waals surface area contributed by atoms with Crippen molar-refractivity contribution in [1.82, 2.24) is 9.97 Å². The second-order valence-electron chi connectivity index (χ2n) is 7.25. The maximum absolute atomic E-state index is 13.1. The third-order valence-electron chi connectivity index (χ3n) is 5.49. The van der Waals surface area contributed by atoms with Crippen molar-refractivity contribution in [1.29, 1.82) is 0 Å². The maximum Gasteiger partial charge on any atom is 0.257 e. The van der Waals surface area contributed by atoms with Gasteiger partial charge in [-0.05, 0) is 30.9 Å². The molecule has 134 valence electrons. The van der Waals surface area contributed by atoms with E-state index < -0.39 is 6.10 Å². The summed E-state index contributed by atoms with van der Waals surface area (Å²) in [5.74, 6) is 1.55. The second-order valence-corrected chi connectivity index (χ2v) is 7.25. The van der Waals surface area contributed by atoms with E-state index in [9.17, 15) is 4.79 Å². The number of carbonyl (C=O) groups excluding carboxylic acids is 1. The molecule has 0 bridgehead atoms. The van der Waals surface area contributed by atoms with Crippen LogP contribution in [0.4, 0.5) is 11.5 Å². The number of benzene rings is 1. The van der Waals surface area contributed by atoms with Gasteiger partial charge in [0.25, 0.3) is 5.91 Å². The molecule has 0 N–H and O–H groups in total. The molecule has 5 rings (SSSR count). The Kier molecular flexibility index (Phi) is 3.85. The standard InChI is InChI=1S/C20H22N4O2/c25-20(24-8-7-15-3-1-2-4-17(15)24)18-12-23(9-10-26-18)19-11-16(14-5-6-14)21-13-22-19/h1-4,11,13-14,18H,5-10,12H2. The third-order valence-corrected chi connectivity index (χ3v) is 5.49. The first-order chi connectivity index (χ1) is 12.8. The van der Waals surface area contributed by atoms with Crippen LogP contribution in [-0.4, -0.2) is 48.2 Å². The summed E-state index contributed by atoms with van der Waals surface area (Å²) in [7, 11) is 0. The van der Waals surface area contributed by atoms with Crippen LogP contribution in [0.25, 0.3) is 0 Å². The zero-order valence-corrected chi connectivity index (χ0v) is 14.7. The number of amides is 1. The van der Waals surface area contributed by atoms with Crippen LogP contribution in [0.1, 0.15) is 30.0 Å². The van der Waals surface area contributed by atoms with Gasteiger partial charge < -0.3 is 14.5 Å². The van der Waals surface area contributed by atoms with Crippen molar-refractivity contribution in [2.45, 2.75) is 31.3 Å². The molecule has 6 heteroatoms. The number of fused-ring (bicyclic) bond motifs is 1. The summed E-state index contributed by atoms with van der Waals surface area (Å²) in [6, 6.07) is 10.2. The van der Waals surface area contributed by atoms with Crippen molar-refractivity contribution < 1.29 is 9.53 Å². The lowest BCUT2D eigenvalue weighted by Gasteiger charge is -2.34. The molecule has 1 aliphatic carbocycles. The zero-order chi connectivity index (χ0) is 17.5. The number of aromatic nitrogens is 2. The number of morpholine rings is 1. The molecule has 1 aromatic carbocycles. The molecule has 0 spiro atoms. The van der Waals surface area contributed by atoms with Crippen LogP contribution < -0.4 is 9.80 Å². The predicted molar refractivity (Wildman–Crippen MR) is 98.5 cm³/mol. The first kappa shape index (κ1) is 15.8.